The van der Waals surface area contributed by atoms with Gasteiger partial charge in [-0.15, -0.1) is 0 Å². The first-order chi connectivity index (χ1) is 9.81. The van der Waals surface area contributed by atoms with Crippen LogP contribution in [-0.4, -0.2) is 62.0 Å². The monoisotopic (exact) mass is 297 g/mol. The molecule has 0 aromatic carbocycles. The van der Waals surface area contributed by atoms with Gasteiger partial charge in [-0.1, -0.05) is 27.7 Å². The Hall–Kier alpha value is -0.610. The van der Waals surface area contributed by atoms with E-state index in [1.54, 1.807) is 4.90 Å². The summed E-state index contributed by atoms with van der Waals surface area (Å²) in [6.45, 7) is 13.0. The average Bonchev–Trinajstić information content (AvgIpc) is 2.39. The van der Waals surface area contributed by atoms with E-state index in [4.69, 9.17) is 0 Å². The molecule has 0 saturated carbocycles. The molecule has 0 aromatic rings. The fraction of sp³-hybridized carbons (Fsp3) is 0.941. The van der Waals surface area contributed by atoms with E-state index in [1.807, 2.05) is 14.1 Å². The lowest BCUT2D eigenvalue weighted by Gasteiger charge is -2.34. The first-order valence-electron chi connectivity index (χ1n) is 8.47. The number of likely N-dealkylation sites (tertiary alicyclic amines) is 1. The smallest absolute Gasteiger partial charge is 0.236 e. The fourth-order valence-electron chi connectivity index (χ4n) is 3.17. The molecule has 0 unspecified atom stereocenters. The highest BCUT2D eigenvalue weighted by atomic mass is 16.2. The molecule has 1 N–H and O–H groups in total. The number of carbonyl (C=O) groups excluding carboxylic acids is 1. The number of hydrogen-bond acceptors (Lipinski definition) is 3. The van der Waals surface area contributed by atoms with Crippen molar-refractivity contribution in [3.63, 3.8) is 0 Å². The van der Waals surface area contributed by atoms with Crippen LogP contribution >= 0.6 is 0 Å². The minimum atomic E-state index is 0.209. The van der Waals surface area contributed by atoms with Gasteiger partial charge >= 0.3 is 0 Å². The van der Waals surface area contributed by atoms with Crippen LogP contribution in [0.2, 0.25) is 0 Å². The predicted octanol–water partition coefficient (Wildman–Crippen LogP) is 2.06. The van der Waals surface area contributed by atoms with Crippen molar-refractivity contribution in [2.45, 2.75) is 46.6 Å². The number of piperidine rings is 1. The van der Waals surface area contributed by atoms with Crippen molar-refractivity contribution >= 4 is 5.91 Å². The third kappa shape index (κ3) is 6.35. The molecule has 4 nitrogen and oxygen atoms in total. The lowest BCUT2D eigenvalue weighted by Crippen LogP contribution is -2.47. The fourth-order valence-corrected chi connectivity index (χ4v) is 3.17. The predicted molar refractivity (Wildman–Crippen MR) is 89.3 cm³/mol. The summed E-state index contributed by atoms with van der Waals surface area (Å²) in [7, 11) is 3.66. The molecule has 1 rings (SSSR count). The van der Waals surface area contributed by atoms with Gasteiger partial charge in [0, 0.05) is 33.2 Å². The van der Waals surface area contributed by atoms with Gasteiger partial charge in [0.15, 0.2) is 0 Å². The number of amides is 1. The van der Waals surface area contributed by atoms with E-state index < -0.39 is 0 Å². The first-order valence-corrected chi connectivity index (χ1v) is 8.47. The van der Waals surface area contributed by atoms with Crippen molar-refractivity contribution in [2.75, 3.05) is 40.3 Å². The molecule has 1 saturated heterocycles. The molecule has 0 radical (unpaired) electrons. The second-order valence-electron chi connectivity index (χ2n) is 7.40. The molecule has 0 aliphatic carbocycles. The maximum atomic E-state index is 11.7. The van der Waals surface area contributed by atoms with Crippen LogP contribution in [0.15, 0.2) is 0 Å². The van der Waals surface area contributed by atoms with E-state index in [0.717, 1.165) is 50.2 Å². The van der Waals surface area contributed by atoms with E-state index in [2.05, 4.69) is 37.9 Å². The number of hydrogen-bond donors (Lipinski definition) is 1. The molecule has 0 aromatic heterocycles. The van der Waals surface area contributed by atoms with Crippen LogP contribution in [0.25, 0.3) is 0 Å². The second-order valence-corrected chi connectivity index (χ2v) is 7.40. The number of nitrogens with zero attached hydrogens (tertiary/aromatic N) is 2. The van der Waals surface area contributed by atoms with Crippen molar-refractivity contribution in [1.82, 2.24) is 15.1 Å². The molecular formula is C17H35N3O. The molecular weight excluding hydrogens is 262 g/mol. The number of rotatable bonds is 7. The van der Waals surface area contributed by atoms with Crippen molar-refractivity contribution in [3.8, 4) is 0 Å². The van der Waals surface area contributed by atoms with Crippen molar-refractivity contribution in [2.24, 2.45) is 17.8 Å². The minimum absolute atomic E-state index is 0.209. The van der Waals surface area contributed by atoms with E-state index in [9.17, 15) is 4.79 Å². The minimum Gasteiger partial charge on any atom is -0.348 e. The van der Waals surface area contributed by atoms with Gasteiger partial charge in [-0.3, -0.25) is 9.69 Å². The maximum Gasteiger partial charge on any atom is 0.236 e. The molecule has 21 heavy (non-hydrogen) atoms. The highest BCUT2D eigenvalue weighted by Crippen LogP contribution is 2.20. The third-order valence-electron chi connectivity index (χ3n) is 4.80. The largest absolute Gasteiger partial charge is 0.348 e. The highest BCUT2D eigenvalue weighted by Gasteiger charge is 2.23. The highest BCUT2D eigenvalue weighted by molar-refractivity contribution is 5.77. The quantitative estimate of drug-likeness (QED) is 0.781. The van der Waals surface area contributed by atoms with Crippen LogP contribution in [0.1, 0.15) is 40.5 Å². The number of likely N-dealkylation sites (N-methyl/N-ethyl adjacent to an activating group) is 1. The van der Waals surface area contributed by atoms with Gasteiger partial charge in [0.05, 0.1) is 6.54 Å². The van der Waals surface area contributed by atoms with Gasteiger partial charge < -0.3 is 10.2 Å². The van der Waals surface area contributed by atoms with Gasteiger partial charge in [0.25, 0.3) is 0 Å². The molecule has 0 bridgehead atoms. The maximum absolute atomic E-state index is 11.7. The van der Waals surface area contributed by atoms with Crippen LogP contribution in [-0.2, 0) is 4.79 Å². The Labute approximate surface area is 131 Å². The molecule has 0 spiro atoms. The second kappa shape index (κ2) is 8.74. The normalized spacial score (nSPS) is 18.0. The van der Waals surface area contributed by atoms with Crippen molar-refractivity contribution in [1.29, 1.82) is 0 Å². The van der Waals surface area contributed by atoms with Crippen LogP contribution < -0.4 is 5.32 Å². The molecule has 1 aliphatic rings. The summed E-state index contributed by atoms with van der Waals surface area (Å²) in [5, 5.41) is 3.76. The Morgan fingerprint density at radius 2 is 1.67 bits per heavy atom. The Morgan fingerprint density at radius 1 is 1.14 bits per heavy atom. The molecule has 1 aliphatic heterocycles. The van der Waals surface area contributed by atoms with E-state index in [1.165, 1.54) is 0 Å². The third-order valence-corrected chi connectivity index (χ3v) is 4.80. The number of nitrogens with one attached hydrogen (secondary N) is 1. The van der Waals surface area contributed by atoms with Gasteiger partial charge in [-0.25, -0.2) is 0 Å². The average molecular weight is 297 g/mol. The van der Waals surface area contributed by atoms with Gasteiger partial charge in [-0.05, 0) is 37.1 Å². The lowest BCUT2D eigenvalue weighted by molar-refractivity contribution is -0.130. The Bertz CT molecular complexity index is 299. The zero-order valence-corrected chi connectivity index (χ0v) is 14.9. The van der Waals surface area contributed by atoms with E-state index in [0.29, 0.717) is 12.6 Å². The molecule has 1 fully saturated rings. The molecule has 1 heterocycles. The first kappa shape index (κ1) is 18.4. The Morgan fingerprint density at radius 3 is 2.10 bits per heavy atom. The summed E-state index contributed by atoms with van der Waals surface area (Å²) in [5.41, 5.74) is 0. The number of carbonyl (C=O) groups is 1. The SMILES string of the molecule is CC(C)C(CNC1CCN(CC(=O)N(C)C)CC1)C(C)C. The molecule has 0 atom stereocenters. The molecule has 124 valence electrons. The van der Waals surface area contributed by atoms with Gasteiger partial charge in [0.2, 0.25) is 5.91 Å². The van der Waals surface area contributed by atoms with Crippen molar-refractivity contribution in [3.05, 3.63) is 0 Å². The van der Waals surface area contributed by atoms with Gasteiger partial charge in [-0.2, -0.15) is 0 Å². The summed E-state index contributed by atoms with van der Waals surface area (Å²) in [6.07, 6.45) is 2.31. The van der Waals surface area contributed by atoms with Crippen molar-refractivity contribution < 1.29 is 4.79 Å². The van der Waals surface area contributed by atoms with Crippen LogP contribution in [0.3, 0.4) is 0 Å². The zero-order valence-electron chi connectivity index (χ0n) is 14.9. The Balaban J connectivity index is 2.28. The van der Waals surface area contributed by atoms with E-state index in [-0.39, 0.29) is 5.91 Å². The van der Waals surface area contributed by atoms with Crippen LogP contribution in [0.5, 0.6) is 0 Å². The van der Waals surface area contributed by atoms with Crippen LogP contribution in [0.4, 0.5) is 0 Å². The summed E-state index contributed by atoms with van der Waals surface area (Å²) in [5.74, 6) is 2.42. The molecule has 4 heteroatoms. The van der Waals surface area contributed by atoms with E-state index >= 15 is 0 Å². The lowest BCUT2D eigenvalue weighted by atomic mass is 9.85. The summed E-state index contributed by atoms with van der Waals surface area (Å²) >= 11 is 0. The zero-order chi connectivity index (χ0) is 16.0. The Kier molecular flexibility index (Phi) is 7.67. The summed E-state index contributed by atoms with van der Waals surface area (Å²) < 4.78 is 0. The van der Waals surface area contributed by atoms with Gasteiger partial charge in [0.1, 0.15) is 0 Å². The summed E-state index contributed by atoms with van der Waals surface area (Å²) in [4.78, 5) is 15.7. The standard InChI is InChI=1S/C17H35N3O/c1-13(2)16(14(3)4)11-18-15-7-9-20(10-8-15)12-17(21)19(5)6/h13-16,18H,7-12H2,1-6H3. The topological polar surface area (TPSA) is 35.6 Å². The molecule has 1 amide bonds. The van der Waals surface area contributed by atoms with Crippen LogP contribution in [0, 0.1) is 17.8 Å². The summed E-state index contributed by atoms with van der Waals surface area (Å²) in [6, 6.07) is 0.621.